The third-order valence-electron chi connectivity index (χ3n) is 3.25. The van der Waals surface area contributed by atoms with Crippen LogP contribution in [0.15, 0.2) is 18.2 Å². The highest BCUT2D eigenvalue weighted by Gasteiger charge is 2.14. The number of hydrogen-bond acceptors (Lipinski definition) is 3. The monoisotopic (exact) mass is 296 g/mol. The molecule has 118 valence electrons. The van der Waals surface area contributed by atoms with Gasteiger partial charge in [-0.3, -0.25) is 4.79 Å². The molecule has 1 amide bonds. The smallest absolute Gasteiger partial charge is 0.260 e. The van der Waals surface area contributed by atoms with Gasteiger partial charge in [0, 0.05) is 25.2 Å². The number of amides is 1. The zero-order valence-electron chi connectivity index (χ0n) is 13.1. The third kappa shape index (κ3) is 5.34. The second kappa shape index (κ2) is 9.34. The number of para-hydroxylation sites is 1. The minimum absolute atomic E-state index is 0.129. The van der Waals surface area contributed by atoms with Crippen LogP contribution < -0.4 is 10.1 Å². The highest BCUT2D eigenvalue weighted by atomic mass is 19.1. The molecule has 1 N–H and O–H groups in total. The molecule has 0 atom stereocenters. The fraction of sp³-hybridized carbons (Fsp3) is 0.562. The average Bonchev–Trinajstić information content (AvgIpc) is 2.48. The number of nitrogens with zero attached hydrogens (tertiary/aromatic N) is 1. The molecule has 4 nitrogen and oxygen atoms in total. The van der Waals surface area contributed by atoms with Crippen LogP contribution in [0, 0.1) is 5.82 Å². The molecule has 1 rings (SSSR count). The van der Waals surface area contributed by atoms with Crippen molar-refractivity contribution in [3.63, 3.8) is 0 Å². The van der Waals surface area contributed by atoms with Gasteiger partial charge in [0.05, 0.1) is 0 Å². The predicted octanol–water partition coefficient (Wildman–Crippen LogP) is 2.57. The number of carbonyl (C=O) groups is 1. The predicted molar refractivity (Wildman–Crippen MR) is 81.8 cm³/mol. The number of halogens is 1. The molecule has 0 aromatic heterocycles. The lowest BCUT2D eigenvalue weighted by molar-refractivity contribution is -0.133. The summed E-state index contributed by atoms with van der Waals surface area (Å²) in [6.07, 6.45) is 1.01. The Hall–Kier alpha value is -1.62. The summed E-state index contributed by atoms with van der Waals surface area (Å²) in [5.74, 6) is -0.393. The van der Waals surface area contributed by atoms with Crippen LogP contribution in [0.25, 0.3) is 0 Å². The van der Waals surface area contributed by atoms with Crippen LogP contribution in [0.2, 0.25) is 0 Å². The van der Waals surface area contributed by atoms with Gasteiger partial charge in [-0.15, -0.1) is 0 Å². The summed E-state index contributed by atoms with van der Waals surface area (Å²) < 4.78 is 19.3. The maximum absolute atomic E-state index is 13.9. The Morgan fingerprint density at radius 2 is 2.00 bits per heavy atom. The molecule has 1 aromatic carbocycles. The van der Waals surface area contributed by atoms with E-state index in [9.17, 15) is 9.18 Å². The van der Waals surface area contributed by atoms with Crippen LogP contribution in [-0.4, -0.2) is 37.0 Å². The lowest BCUT2D eigenvalue weighted by atomic mass is 10.2. The van der Waals surface area contributed by atoms with Crippen molar-refractivity contribution in [2.75, 3.05) is 26.2 Å². The molecule has 0 heterocycles. The van der Waals surface area contributed by atoms with Crippen LogP contribution in [0.3, 0.4) is 0 Å². The molecule has 0 spiro atoms. The van der Waals surface area contributed by atoms with Crippen LogP contribution in [0.1, 0.15) is 32.8 Å². The molecule has 0 saturated heterocycles. The first kappa shape index (κ1) is 17.4. The molecule has 0 bridgehead atoms. The summed E-state index contributed by atoms with van der Waals surface area (Å²) in [6.45, 7) is 8.38. The minimum atomic E-state index is -0.432. The number of nitrogens with one attached hydrogen (secondary N) is 1. The van der Waals surface area contributed by atoms with Gasteiger partial charge in [0.15, 0.2) is 18.2 Å². The summed E-state index contributed by atoms with van der Waals surface area (Å²) in [4.78, 5) is 13.6. The maximum atomic E-state index is 13.9. The molecule has 0 aliphatic carbocycles. The number of carbonyl (C=O) groups excluding carboxylic acids is 1. The molecule has 0 radical (unpaired) electrons. The number of likely N-dealkylation sites (N-methyl/N-ethyl adjacent to an activating group) is 1. The number of benzene rings is 1. The van der Waals surface area contributed by atoms with Crippen molar-refractivity contribution in [3.8, 4) is 5.75 Å². The Kier molecular flexibility index (Phi) is 7.75. The highest BCUT2D eigenvalue weighted by molar-refractivity contribution is 5.77. The number of hydrogen-bond donors (Lipinski definition) is 1. The molecule has 5 heteroatoms. The Bertz CT molecular complexity index is 448. The van der Waals surface area contributed by atoms with Crippen LogP contribution in [-0.2, 0) is 11.3 Å². The first-order valence-electron chi connectivity index (χ1n) is 7.52. The Morgan fingerprint density at radius 3 is 2.62 bits per heavy atom. The van der Waals surface area contributed by atoms with Crippen molar-refractivity contribution in [1.82, 2.24) is 10.2 Å². The van der Waals surface area contributed by atoms with E-state index in [2.05, 4.69) is 12.2 Å². The van der Waals surface area contributed by atoms with Crippen molar-refractivity contribution in [3.05, 3.63) is 29.6 Å². The van der Waals surface area contributed by atoms with Crippen molar-refractivity contribution in [2.45, 2.75) is 33.7 Å². The normalized spacial score (nSPS) is 10.5. The molecule has 0 aliphatic heterocycles. The van der Waals surface area contributed by atoms with Crippen LogP contribution >= 0.6 is 0 Å². The van der Waals surface area contributed by atoms with E-state index < -0.39 is 5.82 Å². The topological polar surface area (TPSA) is 41.6 Å². The van der Waals surface area contributed by atoms with Gasteiger partial charge in [-0.05, 0) is 32.9 Å². The van der Waals surface area contributed by atoms with Gasteiger partial charge in [0.1, 0.15) is 0 Å². The lowest BCUT2D eigenvalue weighted by Gasteiger charge is -2.19. The first-order valence-corrected chi connectivity index (χ1v) is 7.52. The molecule has 0 unspecified atom stereocenters. The average molecular weight is 296 g/mol. The largest absolute Gasteiger partial charge is 0.480 e. The molecular weight excluding hydrogens is 271 g/mol. The molecule has 0 fully saturated rings. The molecule has 1 aromatic rings. The van der Waals surface area contributed by atoms with Gasteiger partial charge in [0.25, 0.3) is 5.91 Å². The summed E-state index contributed by atoms with van der Waals surface area (Å²) in [5.41, 5.74) is 0.732. The highest BCUT2D eigenvalue weighted by Crippen LogP contribution is 2.22. The van der Waals surface area contributed by atoms with E-state index in [0.717, 1.165) is 18.5 Å². The van der Waals surface area contributed by atoms with Crippen molar-refractivity contribution < 1.29 is 13.9 Å². The van der Waals surface area contributed by atoms with Gasteiger partial charge < -0.3 is 15.0 Å². The van der Waals surface area contributed by atoms with Crippen molar-refractivity contribution in [2.24, 2.45) is 0 Å². The van der Waals surface area contributed by atoms with Gasteiger partial charge in [-0.2, -0.15) is 0 Å². The Labute approximate surface area is 126 Å². The molecule has 21 heavy (non-hydrogen) atoms. The third-order valence-corrected chi connectivity index (χ3v) is 3.25. The molecular formula is C16H25FN2O2. The number of rotatable bonds is 9. The summed E-state index contributed by atoms with van der Waals surface area (Å²) in [5, 5.41) is 3.21. The van der Waals surface area contributed by atoms with Gasteiger partial charge in [0.2, 0.25) is 0 Å². The standard InChI is InChI=1S/C16H25FN2O2/c1-4-10-18-11-13-8-7-9-14(17)16(13)21-12-15(20)19(5-2)6-3/h7-9,18H,4-6,10-12H2,1-3H3. The quantitative estimate of drug-likeness (QED) is 0.712. The summed E-state index contributed by atoms with van der Waals surface area (Å²) >= 11 is 0. The SMILES string of the molecule is CCCNCc1cccc(F)c1OCC(=O)N(CC)CC. The van der Waals surface area contributed by atoms with E-state index in [-0.39, 0.29) is 18.3 Å². The fourth-order valence-corrected chi connectivity index (χ4v) is 2.06. The Balaban J connectivity index is 2.70. The molecule has 0 aliphatic rings. The van der Waals surface area contributed by atoms with Gasteiger partial charge in [-0.25, -0.2) is 4.39 Å². The lowest BCUT2D eigenvalue weighted by Crippen LogP contribution is -2.34. The van der Waals surface area contributed by atoms with Crippen LogP contribution in [0.4, 0.5) is 4.39 Å². The van der Waals surface area contributed by atoms with Crippen LogP contribution in [0.5, 0.6) is 5.75 Å². The van der Waals surface area contributed by atoms with Gasteiger partial charge >= 0.3 is 0 Å². The summed E-state index contributed by atoms with van der Waals surface area (Å²) in [6, 6.07) is 4.81. The minimum Gasteiger partial charge on any atom is -0.480 e. The van der Waals surface area contributed by atoms with E-state index in [1.165, 1.54) is 6.07 Å². The fourth-order valence-electron chi connectivity index (χ4n) is 2.06. The van der Waals surface area contributed by atoms with Crippen molar-refractivity contribution >= 4 is 5.91 Å². The van der Waals surface area contributed by atoms with E-state index in [1.54, 1.807) is 11.0 Å². The second-order valence-corrected chi connectivity index (χ2v) is 4.76. The zero-order valence-corrected chi connectivity index (χ0v) is 13.1. The second-order valence-electron chi connectivity index (χ2n) is 4.76. The van der Waals surface area contributed by atoms with Gasteiger partial charge in [-0.1, -0.05) is 19.1 Å². The van der Waals surface area contributed by atoms with E-state index in [4.69, 9.17) is 4.74 Å². The zero-order chi connectivity index (χ0) is 15.7. The maximum Gasteiger partial charge on any atom is 0.260 e. The number of ether oxygens (including phenoxy) is 1. The Morgan fingerprint density at radius 1 is 1.29 bits per heavy atom. The van der Waals surface area contributed by atoms with E-state index >= 15 is 0 Å². The summed E-state index contributed by atoms with van der Waals surface area (Å²) in [7, 11) is 0. The van der Waals surface area contributed by atoms with E-state index in [1.807, 2.05) is 19.9 Å². The van der Waals surface area contributed by atoms with Crippen molar-refractivity contribution in [1.29, 1.82) is 0 Å². The van der Waals surface area contributed by atoms with E-state index in [0.29, 0.717) is 19.6 Å². The first-order chi connectivity index (χ1) is 10.1. The molecule has 0 saturated carbocycles.